The summed E-state index contributed by atoms with van der Waals surface area (Å²) in [6, 6.07) is 16.4. The van der Waals surface area contributed by atoms with Crippen LogP contribution in [-0.4, -0.2) is 11.2 Å². The maximum Gasteiger partial charge on any atom is 0.178 e. The van der Waals surface area contributed by atoms with Crippen molar-refractivity contribution in [3.05, 3.63) is 59.1 Å². The third-order valence-corrected chi connectivity index (χ3v) is 4.07. The molecule has 0 radical (unpaired) electrons. The number of hydrogen-bond acceptors (Lipinski definition) is 1. The van der Waals surface area contributed by atoms with E-state index >= 15 is 0 Å². The normalized spacial score (nSPS) is 16.9. The Morgan fingerprint density at radius 3 is 2.65 bits per heavy atom. The highest BCUT2D eigenvalue weighted by Crippen LogP contribution is 2.32. The number of anilines is 2. The molecule has 0 amide bonds. The molecular weight excluding hydrogens is 288 g/mol. The van der Waals surface area contributed by atoms with E-state index in [4.69, 9.17) is 23.8 Å². The molecule has 0 fully saturated rings. The van der Waals surface area contributed by atoms with Crippen LogP contribution in [0, 0.1) is 0 Å². The Bertz CT molecular complexity index is 639. The fraction of sp³-hybridized carbons (Fsp3) is 0.188. The van der Waals surface area contributed by atoms with Crippen LogP contribution >= 0.6 is 23.8 Å². The minimum atomic E-state index is 0.375. The summed E-state index contributed by atoms with van der Waals surface area (Å²) in [5, 5.41) is 4.73. The summed E-state index contributed by atoms with van der Waals surface area (Å²) >= 11 is 11.5. The number of para-hydroxylation sites is 1. The monoisotopic (exact) mass is 302 g/mol. The van der Waals surface area contributed by atoms with Crippen LogP contribution in [0.2, 0.25) is 5.02 Å². The first-order valence-electron chi connectivity index (χ1n) is 6.59. The second-order valence-electron chi connectivity index (χ2n) is 4.99. The van der Waals surface area contributed by atoms with E-state index < -0.39 is 0 Å². The lowest BCUT2D eigenvalue weighted by Gasteiger charge is -2.26. The van der Waals surface area contributed by atoms with Crippen LogP contribution in [0.15, 0.2) is 48.5 Å². The summed E-state index contributed by atoms with van der Waals surface area (Å²) < 4.78 is 0. The molecule has 4 heteroatoms. The van der Waals surface area contributed by atoms with E-state index in [0.29, 0.717) is 6.04 Å². The van der Waals surface area contributed by atoms with Crippen molar-refractivity contribution in [1.82, 2.24) is 0 Å². The third-order valence-electron chi connectivity index (χ3n) is 3.52. The van der Waals surface area contributed by atoms with Gasteiger partial charge in [-0.2, -0.15) is 0 Å². The van der Waals surface area contributed by atoms with E-state index in [1.807, 2.05) is 24.3 Å². The maximum atomic E-state index is 5.89. The van der Waals surface area contributed by atoms with Crippen molar-refractivity contribution in [3.8, 4) is 0 Å². The number of thiocarbonyl (C=S) groups is 1. The zero-order valence-electron chi connectivity index (χ0n) is 11.1. The van der Waals surface area contributed by atoms with Gasteiger partial charge in [-0.25, -0.2) is 0 Å². The van der Waals surface area contributed by atoms with Crippen LogP contribution < -0.4 is 10.2 Å². The lowest BCUT2D eigenvalue weighted by Crippen LogP contribution is -2.38. The van der Waals surface area contributed by atoms with E-state index in [2.05, 4.69) is 41.4 Å². The molecule has 1 atom stereocenters. The Balaban J connectivity index is 1.82. The average Bonchev–Trinajstić information content (AvgIpc) is 2.77. The molecule has 0 spiro atoms. The van der Waals surface area contributed by atoms with E-state index in [-0.39, 0.29) is 0 Å². The first-order valence-corrected chi connectivity index (χ1v) is 7.37. The van der Waals surface area contributed by atoms with Crippen LogP contribution in [0.25, 0.3) is 0 Å². The van der Waals surface area contributed by atoms with Gasteiger partial charge in [-0.3, -0.25) is 0 Å². The van der Waals surface area contributed by atoms with E-state index in [1.165, 1.54) is 11.3 Å². The molecule has 0 unspecified atom stereocenters. The van der Waals surface area contributed by atoms with Gasteiger partial charge in [0.15, 0.2) is 5.11 Å². The number of halogens is 1. The maximum absolute atomic E-state index is 5.89. The second-order valence-corrected chi connectivity index (χ2v) is 5.81. The third kappa shape index (κ3) is 2.51. The van der Waals surface area contributed by atoms with Crippen molar-refractivity contribution >= 4 is 40.3 Å². The molecule has 1 aliphatic rings. The molecule has 2 aromatic carbocycles. The smallest absolute Gasteiger partial charge is 0.178 e. The molecule has 0 aromatic heterocycles. The predicted octanol–water partition coefficient (Wildman–Crippen LogP) is 4.49. The molecule has 1 heterocycles. The first-order chi connectivity index (χ1) is 9.65. The van der Waals surface area contributed by atoms with Gasteiger partial charge in [0.05, 0.1) is 0 Å². The molecule has 2 aromatic rings. The van der Waals surface area contributed by atoms with Gasteiger partial charge in [-0.1, -0.05) is 29.8 Å². The number of nitrogens with zero attached hydrogens (tertiary/aromatic N) is 1. The quantitative estimate of drug-likeness (QED) is 0.782. The molecule has 3 rings (SSSR count). The van der Waals surface area contributed by atoms with Crippen LogP contribution in [-0.2, 0) is 6.42 Å². The number of benzene rings is 2. The SMILES string of the molecule is C[C@@H]1Cc2ccccc2N1C(=S)Nc1ccc(Cl)cc1. The first kappa shape index (κ1) is 13.4. The Morgan fingerprint density at radius 1 is 1.20 bits per heavy atom. The number of hydrogen-bond donors (Lipinski definition) is 1. The highest BCUT2D eigenvalue weighted by Gasteiger charge is 2.28. The largest absolute Gasteiger partial charge is 0.332 e. The average molecular weight is 303 g/mol. The van der Waals surface area contributed by atoms with Crippen molar-refractivity contribution in [2.75, 3.05) is 10.2 Å². The Morgan fingerprint density at radius 2 is 1.90 bits per heavy atom. The van der Waals surface area contributed by atoms with Crippen molar-refractivity contribution in [3.63, 3.8) is 0 Å². The van der Waals surface area contributed by atoms with Crippen LogP contribution in [0.4, 0.5) is 11.4 Å². The van der Waals surface area contributed by atoms with E-state index in [0.717, 1.165) is 22.2 Å². The fourth-order valence-electron chi connectivity index (χ4n) is 2.59. The molecule has 20 heavy (non-hydrogen) atoms. The van der Waals surface area contributed by atoms with Crippen LogP contribution in [0.3, 0.4) is 0 Å². The fourth-order valence-corrected chi connectivity index (χ4v) is 3.11. The van der Waals surface area contributed by atoms with Crippen molar-refractivity contribution in [2.24, 2.45) is 0 Å². The Labute approximate surface area is 129 Å². The summed E-state index contributed by atoms with van der Waals surface area (Å²) in [4.78, 5) is 2.18. The zero-order valence-corrected chi connectivity index (χ0v) is 12.7. The molecule has 1 N–H and O–H groups in total. The summed E-state index contributed by atoms with van der Waals surface area (Å²) in [6.45, 7) is 2.19. The Kier molecular flexibility index (Phi) is 3.64. The predicted molar refractivity (Wildman–Crippen MR) is 89.8 cm³/mol. The minimum absolute atomic E-state index is 0.375. The number of rotatable bonds is 1. The van der Waals surface area contributed by atoms with Crippen LogP contribution in [0.1, 0.15) is 12.5 Å². The molecule has 0 saturated carbocycles. The molecule has 0 saturated heterocycles. The van der Waals surface area contributed by atoms with Gasteiger partial charge in [0.1, 0.15) is 0 Å². The zero-order chi connectivity index (χ0) is 14.1. The molecular formula is C16H15ClN2S. The lowest BCUT2D eigenvalue weighted by atomic mass is 10.1. The standard InChI is InChI=1S/C16H15ClN2S/c1-11-10-12-4-2-3-5-15(12)19(11)16(20)18-14-8-6-13(17)7-9-14/h2-9,11H,10H2,1H3,(H,18,20)/t11-/m1/s1. The minimum Gasteiger partial charge on any atom is -0.332 e. The van der Waals surface area contributed by atoms with E-state index in [9.17, 15) is 0 Å². The molecule has 2 nitrogen and oxygen atoms in total. The van der Waals surface area contributed by atoms with Gasteiger partial charge in [0.25, 0.3) is 0 Å². The van der Waals surface area contributed by atoms with E-state index in [1.54, 1.807) is 0 Å². The lowest BCUT2D eigenvalue weighted by molar-refractivity contribution is 0.776. The topological polar surface area (TPSA) is 15.3 Å². The Hall–Kier alpha value is -1.58. The summed E-state index contributed by atoms with van der Waals surface area (Å²) in [5.41, 5.74) is 3.50. The van der Waals surface area contributed by atoms with Crippen molar-refractivity contribution < 1.29 is 0 Å². The molecule has 0 aliphatic carbocycles. The molecule has 1 aliphatic heterocycles. The van der Waals surface area contributed by atoms with Gasteiger partial charge in [-0.05, 0) is 61.5 Å². The molecule has 102 valence electrons. The second kappa shape index (κ2) is 5.43. The van der Waals surface area contributed by atoms with Gasteiger partial charge < -0.3 is 10.2 Å². The highest BCUT2D eigenvalue weighted by atomic mass is 35.5. The highest BCUT2D eigenvalue weighted by molar-refractivity contribution is 7.80. The van der Waals surface area contributed by atoms with Gasteiger partial charge in [0.2, 0.25) is 0 Å². The summed E-state index contributed by atoms with van der Waals surface area (Å²) in [6.07, 6.45) is 1.03. The van der Waals surface area contributed by atoms with Gasteiger partial charge >= 0.3 is 0 Å². The van der Waals surface area contributed by atoms with Crippen LogP contribution in [0.5, 0.6) is 0 Å². The van der Waals surface area contributed by atoms with Crippen molar-refractivity contribution in [1.29, 1.82) is 0 Å². The van der Waals surface area contributed by atoms with Gasteiger partial charge in [-0.15, -0.1) is 0 Å². The summed E-state index contributed by atoms with van der Waals surface area (Å²) in [5.74, 6) is 0. The van der Waals surface area contributed by atoms with Gasteiger partial charge in [0, 0.05) is 22.4 Å². The van der Waals surface area contributed by atoms with Crippen molar-refractivity contribution in [2.45, 2.75) is 19.4 Å². The number of nitrogens with one attached hydrogen (secondary N) is 1. The summed E-state index contributed by atoms with van der Waals surface area (Å²) in [7, 11) is 0. The molecule has 0 bridgehead atoms. The number of fused-ring (bicyclic) bond motifs is 1.